The monoisotopic (exact) mass is 307 g/mol. The summed E-state index contributed by atoms with van der Waals surface area (Å²) < 4.78 is 57.5. The maximum Gasteiger partial charge on any atom is 0.387 e. The molecular formula is C14H17F4NO2. The van der Waals surface area contributed by atoms with Crippen LogP contribution >= 0.6 is 0 Å². The van der Waals surface area contributed by atoms with Gasteiger partial charge in [-0.1, -0.05) is 12.1 Å². The minimum atomic E-state index is -3.05. The lowest BCUT2D eigenvalue weighted by Crippen LogP contribution is -2.25. The zero-order valence-corrected chi connectivity index (χ0v) is 11.5. The number of hydrogen-bond acceptors (Lipinski definition) is 3. The molecule has 0 radical (unpaired) electrons. The van der Waals surface area contributed by atoms with Gasteiger partial charge < -0.3 is 14.8 Å². The molecule has 21 heavy (non-hydrogen) atoms. The van der Waals surface area contributed by atoms with E-state index in [1.807, 2.05) is 6.92 Å². The Morgan fingerprint density at radius 2 is 1.86 bits per heavy atom. The van der Waals surface area contributed by atoms with Gasteiger partial charge in [0.15, 0.2) is 0 Å². The molecule has 0 saturated carbocycles. The highest BCUT2D eigenvalue weighted by Gasteiger charge is 2.13. The normalized spacial score (nSPS) is 12.5. The van der Waals surface area contributed by atoms with Crippen LogP contribution < -0.4 is 14.8 Å². The quantitative estimate of drug-likeness (QED) is 0.553. The number of benzene rings is 1. The molecule has 1 aromatic rings. The standard InChI is InChI=1S/C14H17F4NO2/c1-3-4-9(2)19-8-10-5-6-11(20-13(15)16)7-12(10)21-14(17)18/h3,5-7,9,13-14,19H,1,4,8H2,2H3. The summed E-state index contributed by atoms with van der Waals surface area (Å²) in [6, 6.07) is 3.80. The Labute approximate surface area is 120 Å². The minimum absolute atomic E-state index is 0.0962. The van der Waals surface area contributed by atoms with Gasteiger partial charge in [-0.15, -0.1) is 6.58 Å². The molecule has 0 saturated heterocycles. The Morgan fingerprint density at radius 3 is 2.43 bits per heavy atom. The molecular weight excluding hydrogens is 290 g/mol. The van der Waals surface area contributed by atoms with Crippen molar-refractivity contribution in [2.45, 2.75) is 39.2 Å². The third kappa shape index (κ3) is 6.48. The van der Waals surface area contributed by atoms with Crippen LogP contribution in [0.1, 0.15) is 18.9 Å². The molecule has 3 nitrogen and oxygen atoms in total. The molecule has 0 aromatic heterocycles. The van der Waals surface area contributed by atoms with E-state index in [4.69, 9.17) is 0 Å². The lowest BCUT2D eigenvalue weighted by molar-refractivity contribution is -0.0546. The fraction of sp³-hybridized carbons (Fsp3) is 0.429. The third-order valence-electron chi connectivity index (χ3n) is 2.64. The average molecular weight is 307 g/mol. The molecule has 118 valence electrons. The predicted molar refractivity (Wildman–Crippen MR) is 70.8 cm³/mol. The van der Waals surface area contributed by atoms with E-state index in [-0.39, 0.29) is 24.1 Å². The molecule has 0 aliphatic rings. The highest BCUT2D eigenvalue weighted by atomic mass is 19.3. The van der Waals surface area contributed by atoms with Gasteiger partial charge in [-0.05, 0) is 19.4 Å². The summed E-state index contributed by atoms with van der Waals surface area (Å²) in [6.07, 6.45) is 2.44. The van der Waals surface area contributed by atoms with Crippen LogP contribution in [0.5, 0.6) is 11.5 Å². The summed E-state index contributed by atoms with van der Waals surface area (Å²) in [4.78, 5) is 0. The van der Waals surface area contributed by atoms with Crippen LogP contribution in [-0.2, 0) is 6.54 Å². The molecule has 0 aliphatic heterocycles. The second-order valence-electron chi connectivity index (χ2n) is 4.33. The first-order valence-corrected chi connectivity index (χ1v) is 6.29. The Morgan fingerprint density at radius 1 is 1.19 bits per heavy atom. The van der Waals surface area contributed by atoms with Gasteiger partial charge in [-0.3, -0.25) is 0 Å². The van der Waals surface area contributed by atoms with Crippen LogP contribution in [0, 0.1) is 0 Å². The lowest BCUT2D eigenvalue weighted by atomic mass is 10.1. The summed E-state index contributed by atoms with van der Waals surface area (Å²) in [5, 5.41) is 3.09. The average Bonchev–Trinajstić information content (AvgIpc) is 2.36. The van der Waals surface area contributed by atoms with E-state index in [2.05, 4.69) is 21.4 Å². The minimum Gasteiger partial charge on any atom is -0.435 e. The summed E-state index contributed by atoms with van der Waals surface area (Å²) in [6.45, 7) is -0.309. The van der Waals surface area contributed by atoms with E-state index < -0.39 is 13.2 Å². The van der Waals surface area contributed by atoms with Gasteiger partial charge in [-0.25, -0.2) is 0 Å². The fourth-order valence-electron chi connectivity index (χ4n) is 1.68. The van der Waals surface area contributed by atoms with Crippen molar-refractivity contribution in [3.05, 3.63) is 36.4 Å². The molecule has 0 amide bonds. The number of rotatable bonds is 9. The SMILES string of the molecule is C=CCC(C)NCc1ccc(OC(F)F)cc1OC(F)F. The molecule has 1 N–H and O–H groups in total. The van der Waals surface area contributed by atoms with Crippen molar-refractivity contribution >= 4 is 0 Å². The van der Waals surface area contributed by atoms with Crippen molar-refractivity contribution in [1.29, 1.82) is 0 Å². The van der Waals surface area contributed by atoms with Gasteiger partial charge in [0.05, 0.1) is 0 Å². The molecule has 1 unspecified atom stereocenters. The summed E-state index contributed by atoms with van der Waals surface area (Å²) in [7, 11) is 0. The summed E-state index contributed by atoms with van der Waals surface area (Å²) in [5.74, 6) is -0.426. The summed E-state index contributed by atoms with van der Waals surface area (Å²) in [5.41, 5.74) is 0.424. The molecule has 1 atom stereocenters. The van der Waals surface area contributed by atoms with Crippen LogP contribution in [-0.4, -0.2) is 19.3 Å². The molecule has 0 aliphatic carbocycles. The highest BCUT2D eigenvalue weighted by Crippen LogP contribution is 2.27. The second kappa shape index (κ2) is 8.51. The molecule has 1 rings (SSSR count). The molecule has 0 fully saturated rings. The smallest absolute Gasteiger partial charge is 0.387 e. The fourth-order valence-corrected chi connectivity index (χ4v) is 1.68. The van der Waals surface area contributed by atoms with Crippen molar-refractivity contribution in [2.75, 3.05) is 0 Å². The zero-order valence-electron chi connectivity index (χ0n) is 11.5. The summed E-state index contributed by atoms with van der Waals surface area (Å²) >= 11 is 0. The number of hydrogen-bond donors (Lipinski definition) is 1. The first-order chi connectivity index (χ1) is 9.92. The largest absolute Gasteiger partial charge is 0.435 e. The van der Waals surface area contributed by atoms with Gasteiger partial charge in [0, 0.05) is 24.2 Å². The van der Waals surface area contributed by atoms with Crippen LogP contribution in [0.3, 0.4) is 0 Å². The van der Waals surface area contributed by atoms with Gasteiger partial charge in [-0.2, -0.15) is 17.6 Å². The van der Waals surface area contributed by atoms with E-state index in [1.54, 1.807) is 6.08 Å². The molecule has 0 heterocycles. The third-order valence-corrected chi connectivity index (χ3v) is 2.64. The van der Waals surface area contributed by atoms with Crippen molar-refractivity contribution in [3.63, 3.8) is 0 Å². The van der Waals surface area contributed by atoms with Crippen LogP contribution in [0.2, 0.25) is 0 Å². The van der Waals surface area contributed by atoms with Crippen LogP contribution in [0.25, 0.3) is 0 Å². The van der Waals surface area contributed by atoms with E-state index in [9.17, 15) is 17.6 Å². The number of nitrogens with one attached hydrogen (secondary N) is 1. The van der Waals surface area contributed by atoms with Gasteiger partial charge in [0.25, 0.3) is 0 Å². The van der Waals surface area contributed by atoms with Crippen molar-refractivity contribution in [2.24, 2.45) is 0 Å². The first-order valence-electron chi connectivity index (χ1n) is 6.29. The maximum atomic E-state index is 12.4. The Balaban J connectivity index is 2.82. The van der Waals surface area contributed by atoms with Gasteiger partial charge in [0.1, 0.15) is 11.5 Å². The lowest BCUT2D eigenvalue weighted by Gasteiger charge is -2.16. The van der Waals surface area contributed by atoms with E-state index >= 15 is 0 Å². The van der Waals surface area contributed by atoms with Gasteiger partial charge in [0.2, 0.25) is 0 Å². The predicted octanol–water partition coefficient (Wildman–Crippen LogP) is 3.94. The van der Waals surface area contributed by atoms with Crippen LogP contribution in [0.4, 0.5) is 17.6 Å². The van der Waals surface area contributed by atoms with Crippen molar-refractivity contribution < 1.29 is 27.0 Å². The first kappa shape index (κ1) is 17.3. The zero-order chi connectivity index (χ0) is 15.8. The molecule has 7 heteroatoms. The number of alkyl halides is 4. The topological polar surface area (TPSA) is 30.5 Å². The van der Waals surface area contributed by atoms with Crippen molar-refractivity contribution in [3.8, 4) is 11.5 Å². The highest BCUT2D eigenvalue weighted by molar-refractivity contribution is 5.40. The van der Waals surface area contributed by atoms with E-state index in [1.165, 1.54) is 12.1 Å². The van der Waals surface area contributed by atoms with Crippen LogP contribution in [0.15, 0.2) is 30.9 Å². The Bertz CT molecular complexity index is 455. The molecule has 1 aromatic carbocycles. The van der Waals surface area contributed by atoms with Gasteiger partial charge >= 0.3 is 13.2 Å². The number of ether oxygens (including phenoxy) is 2. The second-order valence-corrected chi connectivity index (χ2v) is 4.33. The van der Waals surface area contributed by atoms with E-state index in [0.29, 0.717) is 12.0 Å². The molecule has 0 bridgehead atoms. The Kier molecular flexibility index (Phi) is 7.01. The van der Waals surface area contributed by atoms with E-state index in [0.717, 1.165) is 6.07 Å². The number of halogens is 4. The Hall–Kier alpha value is -1.76. The van der Waals surface area contributed by atoms with Crippen molar-refractivity contribution in [1.82, 2.24) is 5.32 Å². The maximum absolute atomic E-state index is 12.4. The molecule has 0 spiro atoms.